The van der Waals surface area contributed by atoms with E-state index in [0.717, 1.165) is 24.2 Å². The minimum absolute atomic E-state index is 0.129. The number of benzene rings is 1. The number of nitrogens with one attached hydrogen (secondary N) is 1. The Bertz CT molecular complexity index is 792. The topological polar surface area (TPSA) is 80.8 Å². The monoisotopic (exact) mass is 369 g/mol. The minimum Gasteiger partial charge on any atom is -0.475 e. The maximum absolute atomic E-state index is 12.4. The first-order valence-electron chi connectivity index (χ1n) is 8.93. The third kappa shape index (κ3) is 4.83. The van der Waals surface area contributed by atoms with Gasteiger partial charge in [0.15, 0.2) is 0 Å². The fourth-order valence-corrected chi connectivity index (χ4v) is 2.90. The summed E-state index contributed by atoms with van der Waals surface area (Å²) in [5.74, 6) is 0.420. The molecule has 0 unspecified atom stereocenters. The van der Waals surface area contributed by atoms with Crippen molar-refractivity contribution >= 4 is 17.5 Å². The van der Waals surface area contributed by atoms with Gasteiger partial charge in [-0.05, 0) is 36.8 Å². The first-order valence-corrected chi connectivity index (χ1v) is 8.93. The number of aromatic nitrogens is 1. The van der Waals surface area contributed by atoms with Crippen LogP contribution in [0.2, 0.25) is 0 Å². The molecule has 2 heterocycles. The van der Waals surface area contributed by atoms with Crippen molar-refractivity contribution in [2.24, 2.45) is 0 Å². The van der Waals surface area contributed by atoms with Gasteiger partial charge in [-0.2, -0.15) is 0 Å². The lowest BCUT2D eigenvalue weighted by molar-refractivity contribution is -0.117. The van der Waals surface area contributed by atoms with E-state index in [1.807, 2.05) is 18.2 Å². The van der Waals surface area contributed by atoms with Crippen molar-refractivity contribution in [3.05, 3.63) is 53.7 Å². The summed E-state index contributed by atoms with van der Waals surface area (Å²) < 4.78 is 10.5. The number of amides is 2. The average Bonchev–Trinajstić information content (AvgIpc) is 3.13. The second-order valence-electron chi connectivity index (χ2n) is 6.19. The fraction of sp³-hybridized carbons (Fsp3) is 0.350. The molecule has 27 heavy (non-hydrogen) atoms. The highest BCUT2D eigenvalue weighted by Crippen LogP contribution is 2.21. The van der Waals surface area contributed by atoms with Crippen LogP contribution in [-0.4, -0.2) is 43.7 Å². The number of methoxy groups -OCH3 is 1. The van der Waals surface area contributed by atoms with Crippen LogP contribution >= 0.6 is 0 Å². The largest absolute Gasteiger partial charge is 0.475 e. The number of carbonyl (C=O) groups is 2. The molecule has 0 aliphatic carbocycles. The Morgan fingerprint density at radius 2 is 2.04 bits per heavy atom. The summed E-state index contributed by atoms with van der Waals surface area (Å²) in [6.07, 6.45) is 3.11. The highest BCUT2D eigenvalue weighted by molar-refractivity contribution is 5.97. The van der Waals surface area contributed by atoms with Gasteiger partial charge in [0.1, 0.15) is 6.61 Å². The number of hydrogen-bond donors (Lipinski definition) is 1. The molecule has 1 aromatic heterocycles. The lowest BCUT2D eigenvalue weighted by Crippen LogP contribution is -2.25. The summed E-state index contributed by atoms with van der Waals surface area (Å²) in [5.41, 5.74) is 2.16. The molecule has 1 saturated heterocycles. The lowest BCUT2D eigenvalue weighted by atomic mass is 10.1. The van der Waals surface area contributed by atoms with E-state index in [0.29, 0.717) is 37.6 Å². The molecule has 2 amide bonds. The maximum Gasteiger partial charge on any atom is 0.251 e. The normalized spacial score (nSPS) is 13.7. The number of nitrogens with zero attached hydrogens (tertiary/aromatic N) is 2. The molecule has 1 aliphatic heterocycles. The van der Waals surface area contributed by atoms with E-state index in [2.05, 4.69) is 10.3 Å². The van der Waals surface area contributed by atoms with Gasteiger partial charge in [0.05, 0.1) is 6.61 Å². The van der Waals surface area contributed by atoms with E-state index >= 15 is 0 Å². The zero-order valence-electron chi connectivity index (χ0n) is 15.3. The molecule has 1 N–H and O–H groups in total. The van der Waals surface area contributed by atoms with Crippen molar-refractivity contribution in [2.45, 2.75) is 19.4 Å². The Balaban J connectivity index is 1.59. The second kappa shape index (κ2) is 9.14. The molecule has 3 rings (SSSR count). The van der Waals surface area contributed by atoms with E-state index < -0.39 is 0 Å². The molecule has 1 aromatic carbocycles. The Morgan fingerprint density at radius 3 is 2.74 bits per heavy atom. The predicted octanol–water partition coefficient (Wildman–Crippen LogP) is 2.16. The van der Waals surface area contributed by atoms with Gasteiger partial charge in [0.25, 0.3) is 5.91 Å². The molecule has 1 aliphatic rings. The number of pyridine rings is 1. The van der Waals surface area contributed by atoms with E-state index in [-0.39, 0.29) is 11.8 Å². The van der Waals surface area contributed by atoms with E-state index in [9.17, 15) is 9.59 Å². The molecule has 0 radical (unpaired) electrons. The standard InChI is InChI=1S/C20H23N3O4/c1-26-12-13-27-20-16(4-2-10-21-20)14-22-19(25)15-6-8-17(9-7-15)23-11-3-5-18(23)24/h2,4,6-10H,3,5,11-14H2,1H3,(H,22,25). The molecule has 7 nitrogen and oxygen atoms in total. The quantitative estimate of drug-likeness (QED) is 0.721. The van der Waals surface area contributed by atoms with Crippen molar-refractivity contribution in [3.8, 4) is 5.88 Å². The summed E-state index contributed by atoms with van der Waals surface area (Å²) in [7, 11) is 1.60. The van der Waals surface area contributed by atoms with Gasteiger partial charge in [-0.1, -0.05) is 6.07 Å². The first-order chi connectivity index (χ1) is 13.2. The summed E-state index contributed by atoms with van der Waals surface area (Å²) in [5, 5.41) is 2.87. The molecule has 1 fully saturated rings. The van der Waals surface area contributed by atoms with Crippen LogP contribution < -0.4 is 15.0 Å². The maximum atomic E-state index is 12.4. The number of anilines is 1. The Kier molecular flexibility index (Phi) is 6.38. The van der Waals surface area contributed by atoms with Crippen LogP contribution in [0.25, 0.3) is 0 Å². The van der Waals surface area contributed by atoms with Crippen molar-refractivity contribution in [1.29, 1.82) is 0 Å². The SMILES string of the molecule is COCCOc1ncccc1CNC(=O)c1ccc(N2CCCC2=O)cc1. The first kappa shape index (κ1) is 18.8. The van der Waals surface area contributed by atoms with Gasteiger partial charge in [0.2, 0.25) is 11.8 Å². The number of hydrogen-bond acceptors (Lipinski definition) is 5. The molecule has 0 spiro atoms. The van der Waals surface area contributed by atoms with Gasteiger partial charge in [-0.25, -0.2) is 4.98 Å². The molecule has 0 atom stereocenters. The van der Waals surface area contributed by atoms with Crippen LogP contribution in [0.5, 0.6) is 5.88 Å². The van der Waals surface area contributed by atoms with Gasteiger partial charge >= 0.3 is 0 Å². The Labute approximate surface area is 158 Å². The van der Waals surface area contributed by atoms with Crippen LogP contribution in [0.1, 0.15) is 28.8 Å². The molecule has 142 valence electrons. The van der Waals surface area contributed by atoms with Crippen LogP contribution in [0, 0.1) is 0 Å². The van der Waals surface area contributed by atoms with E-state index in [1.54, 1.807) is 36.4 Å². The molecular weight excluding hydrogens is 346 g/mol. The summed E-state index contributed by atoms with van der Waals surface area (Å²) in [6.45, 7) is 1.90. The second-order valence-corrected chi connectivity index (χ2v) is 6.19. The molecule has 7 heteroatoms. The minimum atomic E-state index is -0.194. The molecule has 2 aromatic rings. The highest BCUT2D eigenvalue weighted by atomic mass is 16.5. The van der Waals surface area contributed by atoms with Crippen LogP contribution in [-0.2, 0) is 16.1 Å². The summed E-state index contributed by atoms with van der Waals surface area (Å²) in [6, 6.07) is 10.7. The van der Waals surface area contributed by atoms with Crippen molar-refractivity contribution in [3.63, 3.8) is 0 Å². The zero-order valence-corrected chi connectivity index (χ0v) is 15.3. The third-order valence-electron chi connectivity index (χ3n) is 4.33. The van der Waals surface area contributed by atoms with E-state index in [1.165, 1.54) is 0 Å². The van der Waals surface area contributed by atoms with Crippen molar-refractivity contribution in [2.75, 3.05) is 31.8 Å². The average molecular weight is 369 g/mol. The summed E-state index contributed by atoms with van der Waals surface area (Å²) in [4.78, 5) is 30.2. The third-order valence-corrected chi connectivity index (χ3v) is 4.33. The van der Waals surface area contributed by atoms with Crippen LogP contribution in [0.3, 0.4) is 0 Å². The lowest BCUT2D eigenvalue weighted by Gasteiger charge is -2.16. The smallest absolute Gasteiger partial charge is 0.251 e. The van der Waals surface area contributed by atoms with Crippen molar-refractivity contribution in [1.82, 2.24) is 10.3 Å². The van der Waals surface area contributed by atoms with Crippen molar-refractivity contribution < 1.29 is 19.1 Å². The van der Waals surface area contributed by atoms with Gasteiger partial charge < -0.3 is 19.7 Å². The number of carbonyl (C=O) groups excluding carboxylic acids is 2. The number of rotatable bonds is 8. The fourth-order valence-electron chi connectivity index (χ4n) is 2.90. The van der Waals surface area contributed by atoms with Gasteiger partial charge in [-0.3, -0.25) is 9.59 Å². The molecule has 0 bridgehead atoms. The molecular formula is C20H23N3O4. The Morgan fingerprint density at radius 1 is 1.22 bits per heavy atom. The highest BCUT2D eigenvalue weighted by Gasteiger charge is 2.21. The Hall–Kier alpha value is -2.93. The zero-order chi connectivity index (χ0) is 19.1. The summed E-state index contributed by atoms with van der Waals surface area (Å²) >= 11 is 0. The van der Waals surface area contributed by atoms with Gasteiger partial charge in [0, 0.05) is 49.6 Å². The van der Waals surface area contributed by atoms with E-state index in [4.69, 9.17) is 9.47 Å². The van der Waals surface area contributed by atoms with Gasteiger partial charge in [-0.15, -0.1) is 0 Å². The van der Waals surface area contributed by atoms with Crippen LogP contribution in [0.15, 0.2) is 42.6 Å². The predicted molar refractivity (Wildman–Crippen MR) is 101 cm³/mol. The number of ether oxygens (including phenoxy) is 2. The van der Waals surface area contributed by atoms with Crippen LogP contribution in [0.4, 0.5) is 5.69 Å². The molecule has 0 saturated carbocycles.